The van der Waals surface area contributed by atoms with E-state index in [9.17, 15) is 19.5 Å². The van der Waals surface area contributed by atoms with Crippen LogP contribution in [0.2, 0.25) is 0 Å². The van der Waals surface area contributed by atoms with Crippen LogP contribution >= 0.6 is 11.8 Å². The summed E-state index contributed by atoms with van der Waals surface area (Å²) in [4.78, 5) is 44.5. The summed E-state index contributed by atoms with van der Waals surface area (Å²) in [6.45, 7) is 22.3. The number of allylic oxidation sites excluding steroid dienone is 2. The van der Waals surface area contributed by atoms with Gasteiger partial charge in [-0.1, -0.05) is 117 Å². The molecular formula is C50H75N11O5S. The van der Waals surface area contributed by atoms with E-state index >= 15 is 0 Å². The van der Waals surface area contributed by atoms with Crippen molar-refractivity contribution < 1.29 is 24.6 Å². The molecule has 0 fully saturated rings. The van der Waals surface area contributed by atoms with Gasteiger partial charge >= 0.3 is 6.09 Å². The summed E-state index contributed by atoms with van der Waals surface area (Å²) in [5.41, 5.74) is 4.99. The van der Waals surface area contributed by atoms with Crippen molar-refractivity contribution in [2.24, 2.45) is 17.5 Å². The van der Waals surface area contributed by atoms with Crippen LogP contribution in [0, 0.1) is 37.5 Å². The predicted octanol–water partition coefficient (Wildman–Crippen LogP) is 7.55. The van der Waals surface area contributed by atoms with E-state index in [0.717, 1.165) is 27.3 Å². The van der Waals surface area contributed by atoms with Crippen molar-refractivity contribution in [2.75, 3.05) is 37.9 Å². The molecule has 17 heteroatoms. The number of nitrogens with two attached hydrogens (primary N) is 4. The van der Waals surface area contributed by atoms with Crippen molar-refractivity contribution in [1.29, 1.82) is 0 Å². The number of aromatic nitrogens is 2. The maximum absolute atomic E-state index is 13.2. The Labute approximate surface area is 404 Å². The van der Waals surface area contributed by atoms with Crippen LogP contribution in [0.4, 0.5) is 4.79 Å². The van der Waals surface area contributed by atoms with Crippen LogP contribution in [-0.2, 0) is 16.1 Å². The third kappa shape index (κ3) is 22.8. The van der Waals surface area contributed by atoms with Crippen molar-refractivity contribution in [2.45, 2.75) is 99.8 Å². The highest BCUT2D eigenvalue weighted by atomic mass is 32.2. The Kier molecular flexibility index (Phi) is 33.0. The third-order valence-electron chi connectivity index (χ3n) is 8.47. The maximum atomic E-state index is 13.2. The quantitative estimate of drug-likeness (QED) is 0.0171. The molecule has 1 heterocycles. The second-order valence-corrected chi connectivity index (χ2v) is 16.2. The topological polar surface area (TPSA) is 230 Å². The van der Waals surface area contributed by atoms with E-state index in [2.05, 4.69) is 76.8 Å². The fraction of sp³-hybridized carbons (Fsp3) is 0.400. The normalized spacial score (nSPS) is 10.3. The number of terminal acetylenes is 2. The Bertz CT molecular complexity index is 2090. The largest absolute Gasteiger partial charge is 0.494 e. The average molecular weight is 942 g/mol. The molecule has 3 aromatic rings. The molecule has 3 rings (SSSR count). The number of benzene rings is 2. The zero-order valence-corrected chi connectivity index (χ0v) is 41.8. The first kappa shape index (κ1) is 62.3. The second-order valence-electron chi connectivity index (χ2n) is 14.6. The minimum absolute atomic E-state index is 0.0856. The standard InChI is InChI=1S/C40H55N11O5S.2C3H8.2C2H2/c1-7-10-37(52)48(41)25-39(54)47(27-57-28(4)5)23-29(6)50(43)34(9-3)32-17-13-30(14-18-32)11-12-31-15-19-33(20-16-31)35-22-45-36(51(35)44)24-46(21-8-2)38(53)26-49(42)40(55)56;2*1-3-2;2*1-2/h9-10,13-20,22,28,52H,6-8,21,23-27,41-44H2,1-5H3,(H,55,56);2*3H2,1-2H3;2*1-2H/b34-9-,37-10-;;;;. The summed E-state index contributed by atoms with van der Waals surface area (Å²) in [5, 5.41) is 22.3. The Balaban J connectivity index is 0. The maximum Gasteiger partial charge on any atom is 0.422 e. The minimum Gasteiger partial charge on any atom is -0.494 e. The average Bonchev–Trinajstić information content (AvgIpc) is 3.68. The number of nitrogen functional groups attached to an aromatic ring is 1. The predicted molar refractivity (Wildman–Crippen MR) is 277 cm³/mol. The Morgan fingerprint density at radius 1 is 0.821 bits per heavy atom. The van der Waals surface area contributed by atoms with E-state index in [1.165, 1.54) is 33.5 Å². The van der Waals surface area contributed by atoms with Crippen LogP contribution in [0.1, 0.15) is 111 Å². The molecule has 0 bridgehead atoms. The lowest BCUT2D eigenvalue weighted by Crippen LogP contribution is -2.46. The summed E-state index contributed by atoms with van der Waals surface area (Å²) in [5.74, 6) is 30.6. The van der Waals surface area contributed by atoms with Gasteiger partial charge in [0, 0.05) is 34.2 Å². The molecule has 0 saturated carbocycles. The number of thioether (sulfide) groups is 1. The van der Waals surface area contributed by atoms with Gasteiger partial charge in [-0.3, -0.25) is 19.6 Å². The van der Waals surface area contributed by atoms with Crippen LogP contribution < -0.4 is 23.4 Å². The molecule has 0 radical (unpaired) electrons. The minimum atomic E-state index is -1.40. The molecule has 3 amide bonds. The summed E-state index contributed by atoms with van der Waals surface area (Å²) >= 11 is 1.59. The number of amides is 3. The SMILES string of the molecule is C#C.C#C.C=C(CN(CSC(C)C)C(=O)CN(N)/C(O)=C/CC)N(N)/C(=C\C)c1ccc(C#Cc2ccc(-c3cnc(CN(CCC)C(=O)CN(N)C(=O)O)n3N)cc2)cc1.CCC.CCC. The number of carboxylic acid groups (broad SMARTS) is 1. The summed E-state index contributed by atoms with van der Waals surface area (Å²) in [7, 11) is 0. The summed E-state index contributed by atoms with van der Waals surface area (Å²) in [6, 6.07) is 15.1. The molecule has 366 valence electrons. The second kappa shape index (κ2) is 35.5. The van der Waals surface area contributed by atoms with Gasteiger partial charge in [-0.25, -0.2) is 37.0 Å². The molecule has 2 aromatic carbocycles. The Morgan fingerprint density at radius 2 is 1.31 bits per heavy atom. The number of imidazole rings is 1. The van der Waals surface area contributed by atoms with Gasteiger partial charge in [-0.05, 0) is 55.7 Å². The molecule has 0 aliphatic heterocycles. The third-order valence-corrected chi connectivity index (χ3v) is 9.59. The van der Waals surface area contributed by atoms with Crippen molar-refractivity contribution in [3.8, 4) is 48.8 Å². The van der Waals surface area contributed by atoms with E-state index in [1.54, 1.807) is 22.9 Å². The Morgan fingerprint density at radius 3 is 1.78 bits per heavy atom. The van der Waals surface area contributed by atoms with Gasteiger partial charge in [0.05, 0.1) is 36.6 Å². The molecular weight excluding hydrogens is 867 g/mol. The molecule has 16 nitrogen and oxygen atoms in total. The first-order valence-electron chi connectivity index (χ1n) is 21.9. The fourth-order valence-electron chi connectivity index (χ4n) is 5.35. The van der Waals surface area contributed by atoms with Gasteiger partial charge in [-0.15, -0.1) is 37.5 Å². The monoisotopic (exact) mass is 942 g/mol. The van der Waals surface area contributed by atoms with Crippen molar-refractivity contribution in [3.05, 3.63) is 108 Å². The number of hydrazine groups is 3. The van der Waals surface area contributed by atoms with Gasteiger partial charge in [-0.2, -0.15) is 0 Å². The van der Waals surface area contributed by atoms with Gasteiger partial charge in [0.1, 0.15) is 18.9 Å². The summed E-state index contributed by atoms with van der Waals surface area (Å²) < 4.78 is 1.40. The van der Waals surface area contributed by atoms with Crippen LogP contribution in [0.15, 0.2) is 85.0 Å². The highest BCUT2D eigenvalue weighted by Crippen LogP contribution is 2.23. The first-order valence-corrected chi connectivity index (χ1v) is 22.9. The number of hydrogen-bond donors (Lipinski definition) is 6. The van der Waals surface area contributed by atoms with E-state index in [4.69, 9.17) is 28.5 Å². The lowest BCUT2D eigenvalue weighted by molar-refractivity contribution is -0.133. The van der Waals surface area contributed by atoms with E-state index in [0.29, 0.717) is 53.2 Å². The molecule has 0 unspecified atom stereocenters. The van der Waals surface area contributed by atoms with Crippen molar-refractivity contribution in [3.63, 3.8) is 0 Å². The fourth-order valence-corrected chi connectivity index (χ4v) is 6.07. The number of carbonyl (C=O) groups is 3. The highest BCUT2D eigenvalue weighted by Gasteiger charge is 2.23. The van der Waals surface area contributed by atoms with Gasteiger partial charge in [0.2, 0.25) is 11.8 Å². The molecule has 0 aliphatic rings. The van der Waals surface area contributed by atoms with Gasteiger partial charge < -0.3 is 25.9 Å². The molecule has 10 N–H and O–H groups in total. The molecule has 67 heavy (non-hydrogen) atoms. The molecule has 0 atom stereocenters. The van der Waals surface area contributed by atoms with Crippen LogP contribution in [0.5, 0.6) is 0 Å². The number of carbonyl (C=O) groups excluding carboxylic acids is 2. The number of aliphatic hydroxyl groups excluding tert-OH is 1. The number of hydrogen-bond acceptors (Lipinski definition) is 12. The highest BCUT2D eigenvalue weighted by molar-refractivity contribution is 7.99. The summed E-state index contributed by atoms with van der Waals surface area (Å²) in [6.07, 6.45) is 23.3. The van der Waals surface area contributed by atoms with E-state index in [1.807, 2.05) is 89.2 Å². The smallest absolute Gasteiger partial charge is 0.422 e. The number of nitrogens with zero attached hydrogens (tertiary/aromatic N) is 7. The van der Waals surface area contributed by atoms with Crippen LogP contribution in [-0.4, -0.2) is 99.9 Å². The zero-order valence-electron chi connectivity index (χ0n) is 41.0. The number of rotatable bonds is 19. The Hall–Kier alpha value is -6.81. The van der Waals surface area contributed by atoms with E-state index in [-0.39, 0.29) is 36.7 Å². The van der Waals surface area contributed by atoms with Crippen molar-refractivity contribution >= 4 is 35.4 Å². The lowest BCUT2D eigenvalue weighted by atomic mass is 10.1. The van der Waals surface area contributed by atoms with Crippen molar-refractivity contribution in [1.82, 2.24) is 34.5 Å². The molecule has 0 aliphatic carbocycles. The molecule has 1 aromatic heterocycles. The number of aliphatic hydroxyl groups is 1. The van der Waals surface area contributed by atoms with Gasteiger partial charge in [0.15, 0.2) is 5.88 Å². The molecule has 0 spiro atoms. The molecule has 0 saturated heterocycles. The van der Waals surface area contributed by atoms with Crippen LogP contribution in [0.25, 0.3) is 17.0 Å². The lowest BCUT2D eigenvalue weighted by Gasteiger charge is -2.31. The van der Waals surface area contributed by atoms with E-state index < -0.39 is 18.5 Å². The van der Waals surface area contributed by atoms with Gasteiger partial charge in [0.25, 0.3) is 0 Å². The zero-order chi connectivity index (χ0) is 51.6. The van der Waals surface area contributed by atoms with Crippen LogP contribution in [0.3, 0.4) is 0 Å². The first-order chi connectivity index (χ1) is 31.9.